The van der Waals surface area contributed by atoms with Crippen molar-refractivity contribution in [3.63, 3.8) is 0 Å². The molecule has 1 aromatic heterocycles. The molecule has 0 aliphatic heterocycles. The zero-order valence-electron chi connectivity index (χ0n) is 8.41. The van der Waals surface area contributed by atoms with Crippen molar-refractivity contribution in [3.8, 4) is 6.07 Å². The summed E-state index contributed by atoms with van der Waals surface area (Å²) in [6.45, 7) is 1.63. The van der Waals surface area contributed by atoms with Gasteiger partial charge in [-0.2, -0.15) is 18.4 Å². The molecule has 1 aromatic rings. The first-order valence-electron chi connectivity index (χ1n) is 4.55. The van der Waals surface area contributed by atoms with E-state index in [0.717, 1.165) is 12.1 Å². The van der Waals surface area contributed by atoms with Gasteiger partial charge in [-0.3, -0.25) is 0 Å². The van der Waals surface area contributed by atoms with Gasteiger partial charge in [0.2, 0.25) is 0 Å². The number of nitriles is 1. The second kappa shape index (κ2) is 4.49. The molecule has 6 heteroatoms. The predicted octanol–water partition coefficient (Wildman–Crippen LogP) is 2.42. The van der Waals surface area contributed by atoms with Crippen LogP contribution < -0.4 is 0 Å². The van der Waals surface area contributed by atoms with E-state index in [0.29, 0.717) is 0 Å². The molecule has 0 aliphatic carbocycles. The van der Waals surface area contributed by atoms with Gasteiger partial charge in [0.1, 0.15) is 17.5 Å². The van der Waals surface area contributed by atoms with E-state index in [1.54, 1.807) is 6.92 Å². The van der Waals surface area contributed by atoms with Crippen LogP contribution in [0.3, 0.4) is 0 Å². The number of aliphatic hydroxyl groups is 1. The normalized spacial score (nSPS) is 13.2. The highest BCUT2D eigenvalue weighted by atomic mass is 19.4. The summed E-state index contributed by atoms with van der Waals surface area (Å²) in [5, 5.41) is 18.0. The third kappa shape index (κ3) is 2.70. The molecule has 0 aliphatic rings. The van der Waals surface area contributed by atoms with Crippen molar-refractivity contribution in [1.82, 2.24) is 4.98 Å². The molecular formula is C10H9F3N2O. The number of alkyl halides is 3. The van der Waals surface area contributed by atoms with Crippen LogP contribution in [0.15, 0.2) is 12.1 Å². The van der Waals surface area contributed by atoms with Gasteiger partial charge < -0.3 is 5.11 Å². The van der Waals surface area contributed by atoms with Gasteiger partial charge >= 0.3 is 6.18 Å². The van der Waals surface area contributed by atoms with Gasteiger partial charge in [-0.1, -0.05) is 6.92 Å². The predicted molar refractivity (Wildman–Crippen MR) is 49.2 cm³/mol. The standard InChI is InChI=1S/C10H9F3N2O/c1-2-8(16)6-3-7(5-14)15-9(4-6)10(11,12)13/h3-4,8,16H,2H2,1H3. The lowest BCUT2D eigenvalue weighted by molar-refractivity contribution is -0.141. The van der Waals surface area contributed by atoms with Gasteiger partial charge in [-0.25, -0.2) is 4.98 Å². The molecule has 0 radical (unpaired) electrons. The Labute approximate surface area is 90.2 Å². The van der Waals surface area contributed by atoms with Crippen molar-refractivity contribution in [3.05, 3.63) is 29.1 Å². The van der Waals surface area contributed by atoms with E-state index in [1.807, 2.05) is 0 Å². The number of rotatable bonds is 2. The Balaban J connectivity index is 3.28. The van der Waals surface area contributed by atoms with Crippen LogP contribution in [0.1, 0.15) is 36.4 Å². The van der Waals surface area contributed by atoms with Crippen LogP contribution >= 0.6 is 0 Å². The fourth-order valence-corrected chi connectivity index (χ4v) is 1.18. The molecule has 0 bridgehead atoms. The molecule has 1 heterocycles. The number of hydrogen-bond acceptors (Lipinski definition) is 3. The Bertz CT molecular complexity index is 423. The average Bonchev–Trinajstić information content (AvgIpc) is 2.26. The van der Waals surface area contributed by atoms with Crippen molar-refractivity contribution in [2.75, 3.05) is 0 Å². The first-order chi connectivity index (χ1) is 7.38. The van der Waals surface area contributed by atoms with E-state index in [1.165, 1.54) is 6.07 Å². The second-order valence-corrected chi connectivity index (χ2v) is 3.20. The molecule has 86 valence electrons. The van der Waals surface area contributed by atoms with Crippen molar-refractivity contribution < 1.29 is 18.3 Å². The molecule has 0 saturated heterocycles. The summed E-state index contributed by atoms with van der Waals surface area (Å²) in [7, 11) is 0. The van der Waals surface area contributed by atoms with Crippen LogP contribution in [0.4, 0.5) is 13.2 Å². The highest BCUT2D eigenvalue weighted by Gasteiger charge is 2.33. The van der Waals surface area contributed by atoms with Gasteiger partial charge in [0, 0.05) is 0 Å². The number of nitrogens with zero attached hydrogens (tertiary/aromatic N) is 2. The van der Waals surface area contributed by atoms with Crippen LogP contribution in [0.5, 0.6) is 0 Å². The minimum Gasteiger partial charge on any atom is -0.388 e. The SMILES string of the molecule is CCC(O)c1cc(C#N)nc(C(F)(F)F)c1. The Morgan fingerprint density at radius 2 is 2.12 bits per heavy atom. The second-order valence-electron chi connectivity index (χ2n) is 3.20. The lowest BCUT2D eigenvalue weighted by atomic mass is 10.1. The van der Waals surface area contributed by atoms with Crippen LogP contribution in [0.2, 0.25) is 0 Å². The Morgan fingerprint density at radius 1 is 1.50 bits per heavy atom. The lowest BCUT2D eigenvalue weighted by Gasteiger charge is -2.11. The summed E-state index contributed by atoms with van der Waals surface area (Å²) in [4.78, 5) is 3.14. The van der Waals surface area contributed by atoms with E-state index in [2.05, 4.69) is 4.98 Å². The van der Waals surface area contributed by atoms with Gasteiger partial charge in [0.15, 0.2) is 0 Å². The third-order valence-electron chi connectivity index (χ3n) is 2.02. The van der Waals surface area contributed by atoms with Crippen LogP contribution in [0.25, 0.3) is 0 Å². The highest BCUT2D eigenvalue weighted by molar-refractivity contribution is 5.31. The van der Waals surface area contributed by atoms with E-state index < -0.39 is 18.0 Å². The topological polar surface area (TPSA) is 56.9 Å². The van der Waals surface area contributed by atoms with Crippen LogP contribution in [-0.2, 0) is 6.18 Å². The van der Waals surface area contributed by atoms with E-state index >= 15 is 0 Å². The molecular weight excluding hydrogens is 221 g/mol. The zero-order valence-corrected chi connectivity index (χ0v) is 8.41. The summed E-state index contributed by atoms with van der Waals surface area (Å²) >= 11 is 0. The minimum atomic E-state index is -4.62. The summed E-state index contributed by atoms with van der Waals surface area (Å²) in [5.41, 5.74) is -1.45. The van der Waals surface area contributed by atoms with Gasteiger partial charge in [-0.05, 0) is 24.1 Å². The summed E-state index contributed by atoms with van der Waals surface area (Å²) in [5.74, 6) is 0. The Kier molecular flexibility index (Phi) is 3.50. The number of aromatic nitrogens is 1. The Morgan fingerprint density at radius 3 is 2.56 bits per heavy atom. The fourth-order valence-electron chi connectivity index (χ4n) is 1.18. The molecule has 1 rings (SSSR count). The summed E-state index contributed by atoms with van der Waals surface area (Å²) in [6.07, 6.45) is -5.36. The van der Waals surface area contributed by atoms with E-state index in [4.69, 9.17) is 5.26 Å². The van der Waals surface area contributed by atoms with E-state index in [9.17, 15) is 18.3 Å². The minimum absolute atomic E-state index is 0.0568. The van der Waals surface area contributed by atoms with Gasteiger partial charge in [0.25, 0.3) is 0 Å². The van der Waals surface area contributed by atoms with Gasteiger partial charge in [0.05, 0.1) is 6.10 Å². The zero-order chi connectivity index (χ0) is 12.3. The molecule has 1 N–H and O–H groups in total. The highest BCUT2D eigenvalue weighted by Crippen LogP contribution is 2.30. The lowest BCUT2D eigenvalue weighted by Crippen LogP contribution is -2.11. The molecule has 0 fully saturated rings. The monoisotopic (exact) mass is 230 g/mol. The molecule has 0 saturated carbocycles. The number of halogens is 3. The van der Waals surface area contributed by atoms with Crippen molar-refractivity contribution in [2.45, 2.75) is 25.6 Å². The maximum atomic E-state index is 12.4. The molecule has 1 unspecified atom stereocenters. The largest absolute Gasteiger partial charge is 0.433 e. The molecule has 16 heavy (non-hydrogen) atoms. The molecule has 1 atom stereocenters. The molecule has 0 spiro atoms. The fraction of sp³-hybridized carbons (Fsp3) is 0.400. The van der Waals surface area contributed by atoms with E-state index in [-0.39, 0.29) is 17.7 Å². The molecule has 0 amide bonds. The van der Waals surface area contributed by atoms with Crippen LogP contribution in [-0.4, -0.2) is 10.1 Å². The molecule has 3 nitrogen and oxygen atoms in total. The van der Waals surface area contributed by atoms with Crippen molar-refractivity contribution >= 4 is 0 Å². The van der Waals surface area contributed by atoms with Crippen LogP contribution in [0, 0.1) is 11.3 Å². The van der Waals surface area contributed by atoms with Crippen molar-refractivity contribution in [2.24, 2.45) is 0 Å². The number of hydrogen-bond donors (Lipinski definition) is 1. The first-order valence-corrected chi connectivity index (χ1v) is 4.55. The molecule has 0 aromatic carbocycles. The average molecular weight is 230 g/mol. The summed E-state index contributed by atoms with van der Waals surface area (Å²) < 4.78 is 37.2. The Hall–Kier alpha value is -1.61. The first kappa shape index (κ1) is 12.5. The smallest absolute Gasteiger partial charge is 0.388 e. The maximum Gasteiger partial charge on any atom is 0.433 e. The maximum absolute atomic E-state index is 12.4. The third-order valence-corrected chi connectivity index (χ3v) is 2.02. The quantitative estimate of drug-likeness (QED) is 0.848. The van der Waals surface area contributed by atoms with Gasteiger partial charge in [-0.15, -0.1) is 0 Å². The number of aliphatic hydroxyl groups excluding tert-OH is 1. The summed E-state index contributed by atoms with van der Waals surface area (Å²) in [6, 6.07) is 3.45. The van der Waals surface area contributed by atoms with Crippen molar-refractivity contribution in [1.29, 1.82) is 5.26 Å². The number of pyridine rings is 1.